The van der Waals surface area contributed by atoms with Gasteiger partial charge in [0.1, 0.15) is 5.03 Å². The van der Waals surface area contributed by atoms with Crippen LogP contribution in [0, 0.1) is 0 Å². The molecule has 3 heterocycles. The molecule has 0 radical (unpaired) electrons. The van der Waals surface area contributed by atoms with E-state index in [1.165, 1.54) is 11.8 Å². The Morgan fingerprint density at radius 2 is 2.19 bits per heavy atom. The van der Waals surface area contributed by atoms with E-state index in [2.05, 4.69) is 51.0 Å². The molecular formula is C12H17N7S2. The molecule has 3 rings (SSSR count). The maximum absolute atomic E-state index is 4.68. The number of fused-ring (bicyclic) bond motifs is 1. The summed E-state index contributed by atoms with van der Waals surface area (Å²) in [7, 11) is 1.83. The SMILES string of the molecule is Cn1nnnc1Sc1nc2sccn2c1CNC(C)(C)C. The van der Waals surface area contributed by atoms with E-state index in [-0.39, 0.29) is 5.54 Å². The number of nitrogens with zero attached hydrogens (tertiary/aromatic N) is 6. The van der Waals surface area contributed by atoms with E-state index >= 15 is 0 Å². The Balaban J connectivity index is 1.93. The maximum Gasteiger partial charge on any atom is 0.215 e. The third kappa shape index (κ3) is 3.09. The Morgan fingerprint density at radius 1 is 1.38 bits per heavy atom. The minimum absolute atomic E-state index is 0.0500. The zero-order chi connectivity index (χ0) is 15.0. The first-order chi connectivity index (χ1) is 9.94. The monoisotopic (exact) mass is 323 g/mol. The number of hydrogen-bond acceptors (Lipinski definition) is 7. The van der Waals surface area contributed by atoms with Gasteiger partial charge in [-0.05, 0) is 43.0 Å². The lowest BCUT2D eigenvalue weighted by Crippen LogP contribution is -2.35. The average molecular weight is 323 g/mol. The molecule has 0 unspecified atom stereocenters. The molecule has 0 saturated carbocycles. The van der Waals surface area contributed by atoms with Crippen LogP contribution in [0.1, 0.15) is 26.5 Å². The van der Waals surface area contributed by atoms with Crippen LogP contribution in [0.4, 0.5) is 0 Å². The van der Waals surface area contributed by atoms with Gasteiger partial charge in [0, 0.05) is 30.7 Å². The zero-order valence-electron chi connectivity index (χ0n) is 12.4. The van der Waals surface area contributed by atoms with E-state index in [1.54, 1.807) is 16.0 Å². The summed E-state index contributed by atoms with van der Waals surface area (Å²) in [5.41, 5.74) is 1.18. The van der Waals surface area contributed by atoms with Gasteiger partial charge in [0.05, 0.1) is 5.69 Å². The van der Waals surface area contributed by atoms with Gasteiger partial charge in [0.25, 0.3) is 0 Å². The van der Waals surface area contributed by atoms with Gasteiger partial charge in [0.15, 0.2) is 4.96 Å². The van der Waals surface area contributed by atoms with E-state index in [4.69, 9.17) is 0 Å². The van der Waals surface area contributed by atoms with Crippen molar-refractivity contribution in [2.24, 2.45) is 7.05 Å². The highest BCUT2D eigenvalue weighted by atomic mass is 32.2. The smallest absolute Gasteiger partial charge is 0.215 e. The molecule has 3 aromatic rings. The number of thiazole rings is 1. The molecule has 0 atom stereocenters. The predicted molar refractivity (Wildman–Crippen MR) is 82.6 cm³/mol. The number of aryl methyl sites for hydroxylation is 1. The highest BCUT2D eigenvalue weighted by Crippen LogP contribution is 2.30. The highest BCUT2D eigenvalue weighted by Gasteiger charge is 2.18. The van der Waals surface area contributed by atoms with Gasteiger partial charge in [-0.25, -0.2) is 9.67 Å². The van der Waals surface area contributed by atoms with Crippen LogP contribution in [0.5, 0.6) is 0 Å². The maximum atomic E-state index is 4.68. The normalized spacial score (nSPS) is 12.4. The fourth-order valence-corrected chi connectivity index (χ4v) is 3.43. The molecule has 3 aromatic heterocycles. The second-order valence-corrected chi connectivity index (χ2v) is 7.54. The molecule has 0 aliphatic heterocycles. The summed E-state index contributed by atoms with van der Waals surface area (Å²) < 4.78 is 3.77. The Labute approximate surface area is 130 Å². The van der Waals surface area contributed by atoms with Gasteiger partial charge in [-0.1, -0.05) is 0 Å². The summed E-state index contributed by atoms with van der Waals surface area (Å²) >= 11 is 3.11. The molecule has 0 saturated heterocycles. The van der Waals surface area contributed by atoms with Gasteiger partial charge in [-0.15, -0.1) is 16.4 Å². The Kier molecular flexibility index (Phi) is 3.72. The second kappa shape index (κ2) is 5.39. The molecule has 0 amide bonds. The molecule has 0 bridgehead atoms. The Hall–Kier alpha value is -1.45. The lowest BCUT2D eigenvalue weighted by Gasteiger charge is -2.20. The molecule has 0 aromatic carbocycles. The molecule has 112 valence electrons. The highest BCUT2D eigenvalue weighted by molar-refractivity contribution is 7.99. The van der Waals surface area contributed by atoms with Crippen LogP contribution in [0.2, 0.25) is 0 Å². The molecule has 21 heavy (non-hydrogen) atoms. The summed E-state index contributed by atoms with van der Waals surface area (Å²) in [6, 6.07) is 0. The van der Waals surface area contributed by atoms with Gasteiger partial charge in [-0.3, -0.25) is 4.40 Å². The minimum atomic E-state index is 0.0500. The van der Waals surface area contributed by atoms with Crippen LogP contribution >= 0.6 is 23.1 Å². The first kappa shape index (κ1) is 14.5. The number of nitrogens with one attached hydrogen (secondary N) is 1. The van der Waals surface area contributed by atoms with E-state index in [1.807, 2.05) is 18.6 Å². The third-order valence-corrected chi connectivity index (χ3v) is 4.69. The molecule has 7 nitrogen and oxygen atoms in total. The van der Waals surface area contributed by atoms with Gasteiger partial charge in [-0.2, -0.15) is 0 Å². The van der Waals surface area contributed by atoms with Crippen LogP contribution in [0.25, 0.3) is 4.96 Å². The first-order valence-electron chi connectivity index (χ1n) is 6.54. The summed E-state index contributed by atoms with van der Waals surface area (Å²) in [4.78, 5) is 5.67. The van der Waals surface area contributed by atoms with Gasteiger partial charge >= 0.3 is 0 Å². The molecular weight excluding hydrogens is 306 g/mol. The molecule has 0 spiro atoms. The van der Waals surface area contributed by atoms with Crippen molar-refractivity contribution >= 4 is 28.1 Å². The quantitative estimate of drug-likeness (QED) is 0.791. The van der Waals surface area contributed by atoms with Gasteiger partial charge < -0.3 is 5.32 Å². The third-order valence-electron chi connectivity index (χ3n) is 2.88. The summed E-state index contributed by atoms with van der Waals surface area (Å²) in [5, 5.41) is 18.8. The first-order valence-corrected chi connectivity index (χ1v) is 8.23. The molecule has 0 aliphatic carbocycles. The van der Waals surface area contributed by atoms with E-state index < -0.39 is 0 Å². The lowest BCUT2D eigenvalue weighted by atomic mass is 10.1. The van der Waals surface area contributed by atoms with E-state index in [0.29, 0.717) is 0 Å². The number of aromatic nitrogens is 6. The lowest BCUT2D eigenvalue weighted by molar-refractivity contribution is 0.418. The van der Waals surface area contributed by atoms with Crippen molar-refractivity contribution in [3.05, 3.63) is 17.3 Å². The fraction of sp³-hybridized carbons (Fsp3) is 0.500. The standard InChI is InChI=1S/C12H17N7S2/c1-12(2,3)13-7-8-9(14-10-19(8)5-6-20-10)21-11-15-16-17-18(11)4/h5-6,13H,7H2,1-4H3. The molecule has 1 N–H and O–H groups in total. The summed E-state index contributed by atoms with van der Waals surface area (Å²) in [6.45, 7) is 7.20. The van der Waals surface area contributed by atoms with Gasteiger partial charge in [0.2, 0.25) is 5.16 Å². The topological polar surface area (TPSA) is 72.9 Å². The number of rotatable bonds is 4. The van der Waals surface area contributed by atoms with Crippen molar-refractivity contribution in [2.75, 3.05) is 0 Å². The van der Waals surface area contributed by atoms with Crippen molar-refractivity contribution in [3.63, 3.8) is 0 Å². The predicted octanol–water partition coefficient (Wildman–Crippen LogP) is 1.96. The summed E-state index contributed by atoms with van der Waals surface area (Å²) in [5.74, 6) is 0. The van der Waals surface area contributed by atoms with Crippen LogP contribution < -0.4 is 5.32 Å². The van der Waals surface area contributed by atoms with E-state index in [9.17, 15) is 0 Å². The van der Waals surface area contributed by atoms with Crippen LogP contribution in [-0.2, 0) is 13.6 Å². The van der Waals surface area contributed by atoms with Crippen molar-refractivity contribution in [2.45, 2.75) is 43.0 Å². The summed E-state index contributed by atoms with van der Waals surface area (Å²) in [6.07, 6.45) is 2.05. The number of hydrogen-bond donors (Lipinski definition) is 1. The number of imidazole rings is 1. The number of tetrazole rings is 1. The van der Waals surface area contributed by atoms with E-state index in [0.717, 1.165) is 27.4 Å². The molecule has 0 fully saturated rings. The van der Waals surface area contributed by atoms with Crippen LogP contribution in [0.15, 0.2) is 21.8 Å². The zero-order valence-corrected chi connectivity index (χ0v) is 14.0. The van der Waals surface area contributed by atoms with Crippen LogP contribution in [0.3, 0.4) is 0 Å². The van der Waals surface area contributed by atoms with Crippen molar-refractivity contribution < 1.29 is 0 Å². The second-order valence-electron chi connectivity index (χ2n) is 5.71. The Bertz CT molecular complexity index is 749. The van der Waals surface area contributed by atoms with Crippen molar-refractivity contribution in [1.82, 2.24) is 34.9 Å². The van der Waals surface area contributed by atoms with Crippen LogP contribution in [-0.4, -0.2) is 35.1 Å². The Morgan fingerprint density at radius 3 is 2.86 bits per heavy atom. The fourth-order valence-electron chi connectivity index (χ4n) is 1.80. The minimum Gasteiger partial charge on any atom is -0.306 e. The largest absolute Gasteiger partial charge is 0.306 e. The molecule has 9 heteroatoms. The van der Waals surface area contributed by atoms with Crippen molar-refractivity contribution in [3.8, 4) is 0 Å². The molecule has 0 aliphatic rings. The average Bonchev–Trinajstić information content (AvgIpc) is 3.04. The van der Waals surface area contributed by atoms with Crippen molar-refractivity contribution in [1.29, 1.82) is 0 Å².